The zero-order chi connectivity index (χ0) is 9.52. The van der Waals surface area contributed by atoms with E-state index >= 15 is 0 Å². The molecule has 78 valence electrons. The molecule has 0 spiro atoms. The van der Waals surface area contributed by atoms with Crippen molar-refractivity contribution in [3.8, 4) is 0 Å². The first-order chi connectivity index (χ1) is 6.38. The number of hydrogen-bond donors (Lipinski definition) is 1. The third kappa shape index (κ3) is 3.84. The summed E-state index contributed by atoms with van der Waals surface area (Å²) in [5, 5.41) is 3.41. The van der Waals surface area contributed by atoms with E-state index in [4.69, 9.17) is 16.3 Å². The van der Waals surface area contributed by atoms with Gasteiger partial charge in [-0.25, -0.2) is 0 Å². The molecule has 0 aliphatic heterocycles. The number of ether oxygens (including phenoxy) is 1. The summed E-state index contributed by atoms with van der Waals surface area (Å²) in [6, 6.07) is 0. The standard InChI is InChI=1S/C10H20ClNO/c1-13-6-5-12-8-10-4-2-3-9(10)7-11/h9-10,12H,2-8H2,1H3. The molecule has 0 aromatic carbocycles. The number of hydrogen-bond acceptors (Lipinski definition) is 2. The van der Waals surface area contributed by atoms with Crippen molar-refractivity contribution < 1.29 is 4.74 Å². The lowest BCUT2D eigenvalue weighted by Gasteiger charge is -2.17. The van der Waals surface area contributed by atoms with Gasteiger partial charge in [-0.2, -0.15) is 0 Å². The molecule has 1 aliphatic carbocycles. The van der Waals surface area contributed by atoms with E-state index in [1.807, 2.05) is 0 Å². The first kappa shape index (κ1) is 11.3. The van der Waals surface area contributed by atoms with Crippen LogP contribution >= 0.6 is 11.6 Å². The van der Waals surface area contributed by atoms with Crippen molar-refractivity contribution in [1.29, 1.82) is 0 Å². The molecule has 13 heavy (non-hydrogen) atoms. The molecule has 0 radical (unpaired) electrons. The molecule has 3 heteroatoms. The van der Waals surface area contributed by atoms with Gasteiger partial charge in [-0.05, 0) is 31.2 Å². The molecular weight excluding hydrogens is 186 g/mol. The number of methoxy groups -OCH3 is 1. The van der Waals surface area contributed by atoms with Gasteiger partial charge in [0.05, 0.1) is 6.61 Å². The van der Waals surface area contributed by atoms with Crippen molar-refractivity contribution in [2.75, 3.05) is 32.7 Å². The Morgan fingerprint density at radius 1 is 1.38 bits per heavy atom. The number of nitrogens with one attached hydrogen (secondary N) is 1. The second-order valence-corrected chi connectivity index (χ2v) is 4.11. The van der Waals surface area contributed by atoms with E-state index in [0.717, 1.165) is 37.4 Å². The van der Waals surface area contributed by atoms with E-state index in [1.165, 1.54) is 19.3 Å². The zero-order valence-corrected chi connectivity index (χ0v) is 9.15. The second-order valence-electron chi connectivity index (χ2n) is 3.80. The molecule has 0 saturated heterocycles. The first-order valence-electron chi connectivity index (χ1n) is 5.14. The lowest BCUT2D eigenvalue weighted by molar-refractivity contribution is 0.196. The minimum absolute atomic E-state index is 0.747. The van der Waals surface area contributed by atoms with Crippen LogP contribution < -0.4 is 5.32 Å². The number of rotatable bonds is 6. The van der Waals surface area contributed by atoms with Crippen molar-refractivity contribution in [3.63, 3.8) is 0 Å². The van der Waals surface area contributed by atoms with Crippen molar-refractivity contribution >= 4 is 11.6 Å². The predicted octanol–water partition coefficient (Wildman–Crippen LogP) is 1.88. The molecule has 2 unspecified atom stereocenters. The molecule has 1 aliphatic rings. The van der Waals surface area contributed by atoms with Crippen molar-refractivity contribution in [2.45, 2.75) is 19.3 Å². The topological polar surface area (TPSA) is 21.3 Å². The van der Waals surface area contributed by atoms with Crippen LogP contribution in [0.4, 0.5) is 0 Å². The molecule has 0 heterocycles. The van der Waals surface area contributed by atoms with Crippen LogP contribution in [-0.4, -0.2) is 32.7 Å². The van der Waals surface area contributed by atoms with Crippen LogP contribution in [0.3, 0.4) is 0 Å². The van der Waals surface area contributed by atoms with Crippen LogP contribution in [0, 0.1) is 11.8 Å². The Morgan fingerprint density at radius 2 is 2.15 bits per heavy atom. The van der Waals surface area contributed by atoms with Gasteiger partial charge in [0, 0.05) is 19.5 Å². The highest BCUT2D eigenvalue weighted by atomic mass is 35.5. The van der Waals surface area contributed by atoms with Crippen molar-refractivity contribution in [3.05, 3.63) is 0 Å². The fourth-order valence-corrected chi connectivity index (χ4v) is 2.45. The summed E-state index contributed by atoms with van der Waals surface area (Å²) in [7, 11) is 1.73. The Labute approximate surface area is 86.0 Å². The average molecular weight is 206 g/mol. The van der Waals surface area contributed by atoms with Gasteiger partial charge < -0.3 is 10.1 Å². The van der Waals surface area contributed by atoms with Crippen LogP contribution in [-0.2, 0) is 4.74 Å². The zero-order valence-electron chi connectivity index (χ0n) is 8.39. The minimum Gasteiger partial charge on any atom is -0.383 e. The Kier molecular flexibility index (Phi) is 5.76. The molecule has 0 amide bonds. The van der Waals surface area contributed by atoms with E-state index in [1.54, 1.807) is 7.11 Å². The Morgan fingerprint density at radius 3 is 2.85 bits per heavy atom. The highest BCUT2D eigenvalue weighted by Gasteiger charge is 2.25. The quantitative estimate of drug-likeness (QED) is 0.528. The smallest absolute Gasteiger partial charge is 0.0587 e. The Hall–Kier alpha value is 0.210. The summed E-state index contributed by atoms with van der Waals surface area (Å²) in [5.41, 5.74) is 0. The summed E-state index contributed by atoms with van der Waals surface area (Å²) < 4.78 is 4.97. The average Bonchev–Trinajstić information content (AvgIpc) is 2.60. The summed E-state index contributed by atoms with van der Waals surface area (Å²) in [6.07, 6.45) is 4.02. The van der Waals surface area contributed by atoms with Crippen LogP contribution in [0.25, 0.3) is 0 Å². The lowest BCUT2D eigenvalue weighted by Crippen LogP contribution is -2.28. The van der Waals surface area contributed by atoms with Crippen LogP contribution in [0.2, 0.25) is 0 Å². The Balaban J connectivity index is 2.06. The second kappa shape index (κ2) is 6.63. The lowest BCUT2D eigenvalue weighted by atomic mass is 9.98. The fourth-order valence-electron chi connectivity index (χ4n) is 2.05. The maximum Gasteiger partial charge on any atom is 0.0587 e. The number of halogens is 1. The van der Waals surface area contributed by atoms with Crippen molar-refractivity contribution in [1.82, 2.24) is 5.32 Å². The van der Waals surface area contributed by atoms with Gasteiger partial charge in [0.1, 0.15) is 0 Å². The molecule has 1 saturated carbocycles. The SMILES string of the molecule is COCCNCC1CCCC1CCl. The number of alkyl halides is 1. The third-order valence-electron chi connectivity index (χ3n) is 2.90. The summed E-state index contributed by atoms with van der Waals surface area (Å²) >= 11 is 5.89. The van der Waals surface area contributed by atoms with Crippen LogP contribution in [0.15, 0.2) is 0 Å². The van der Waals surface area contributed by atoms with E-state index in [2.05, 4.69) is 5.32 Å². The van der Waals surface area contributed by atoms with Gasteiger partial charge in [0.2, 0.25) is 0 Å². The molecule has 2 nitrogen and oxygen atoms in total. The largest absolute Gasteiger partial charge is 0.383 e. The minimum atomic E-state index is 0.747. The van der Waals surface area contributed by atoms with Gasteiger partial charge in [0.25, 0.3) is 0 Å². The summed E-state index contributed by atoms with van der Waals surface area (Å²) in [4.78, 5) is 0. The molecule has 1 fully saturated rings. The van der Waals surface area contributed by atoms with Crippen LogP contribution in [0.1, 0.15) is 19.3 Å². The van der Waals surface area contributed by atoms with E-state index in [0.29, 0.717) is 0 Å². The fraction of sp³-hybridized carbons (Fsp3) is 1.00. The van der Waals surface area contributed by atoms with Crippen LogP contribution in [0.5, 0.6) is 0 Å². The van der Waals surface area contributed by atoms with Gasteiger partial charge in [-0.1, -0.05) is 6.42 Å². The van der Waals surface area contributed by atoms with Gasteiger partial charge >= 0.3 is 0 Å². The highest BCUT2D eigenvalue weighted by Crippen LogP contribution is 2.31. The third-order valence-corrected chi connectivity index (χ3v) is 3.30. The first-order valence-corrected chi connectivity index (χ1v) is 5.67. The molecule has 1 rings (SSSR count). The maximum atomic E-state index is 5.89. The van der Waals surface area contributed by atoms with E-state index in [-0.39, 0.29) is 0 Å². The van der Waals surface area contributed by atoms with Gasteiger partial charge in [-0.3, -0.25) is 0 Å². The molecule has 1 N–H and O–H groups in total. The maximum absolute atomic E-state index is 5.89. The summed E-state index contributed by atoms with van der Waals surface area (Å²) in [5.74, 6) is 2.38. The molecule has 0 aromatic heterocycles. The molecule has 0 bridgehead atoms. The van der Waals surface area contributed by atoms with Crippen molar-refractivity contribution in [2.24, 2.45) is 11.8 Å². The normalized spacial score (nSPS) is 28.2. The molecule has 0 aromatic rings. The highest BCUT2D eigenvalue weighted by molar-refractivity contribution is 6.18. The molecule has 2 atom stereocenters. The predicted molar refractivity (Wildman–Crippen MR) is 56.3 cm³/mol. The monoisotopic (exact) mass is 205 g/mol. The van der Waals surface area contributed by atoms with Gasteiger partial charge in [-0.15, -0.1) is 11.6 Å². The Bertz CT molecular complexity index is 132. The van der Waals surface area contributed by atoms with Gasteiger partial charge in [0.15, 0.2) is 0 Å². The van der Waals surface area contributed by atoms with E-state index < -0.39 is 0 Å². The van der Waals surface area contributed by atoms with E-state index in [9.17, 15) is 0 Å². The summed E-state index contributed by atoms with van der Waals surface area (Å²) in [6.45, 7) is 2.88. The molecular formula is C10H20ClNO.